The van der Waals surface area contributed by atoms with Crippen LogP contribution in [0.3, 0.4) is 0 Å². The fourth-order valence-electron chi connectivity index (χ4n) is 8.15. The highest BCUT2D eigenvalue weighted by Gasteiger charge is 2.77. The molecule has 9 nitrogen and oxygen atoms in total. The number of likely N-dealkylation sites (N-methyl/N-ethyl adjacent to an activating group) is 1. The zero-order chi connectivity index (χ0) is 27.5. The normalized spacial score (nSPS) is 34.9. The molecule has 1 aromatic rings. The number of fused-ring (bicyclic) bond motifs is 1. The van der Waals surface area contributed by atoms with Crippen molar-refractivity contribution in [2.24, 2.45) is 11.3 Å². The van der Waals surface area contributed by atoms with Crippen molar-refractivity contribution in [3.63, 3.8) is 0 Å². The van der Waals surface area contributed by atoms with E-state index in [1.165, 1.54) is 6.92 Å². The summed E-state index contributed by atoms with van der Waals surface area (Å²) in [5, 5.41) is 15.8. The fraction of sp³-hybridized carbons (Fsp3) is 0.655. The van der Waals surface area contributed by atoms with E-state index in [0.29, 0.717) is 6.42 Å². The van der Waals surface area contributed by atoms with Crippen molar-refractivity contribution in [1.29, 1.82) is 0 Å². The molecule has 0 bridgehead atoms. The quantitative estimate of drug-likeness (QED) is 0.413. The van der Waals surface area contributed by atoms with E-state index in [2.05, 4.69) is 40.3 Å². The molecule has 2 N–H and O–H groups in total. The highest BCUT2D eigenvalue weighted by molar-refractivity contribution is 5.72. The van der Waals surface area contributed by atoms with E-state index in [0.717, 1.165) is 36.5 Å². The predicted octanol–water partition coefficient (Wildman–Crippen LogP) is 2.85. The van der Waals surface area contributed by atoms with Crippen LogP contribution >= 0.6 is 0 Å². The van der Waals surface area contributed by atoms with Crippen molar-refractivity contribution in [2.75, 3.05) is 45.3 Å². The third-order valence-corrected chi connectivity index (χ3v) is 9.28. The summed E-state index contributed by atoms with van der Waals surface area (Å²) >= 11 is 0. The summed E-state index contributed by atoms with van der Waals surface area (Å²) in [6, 6.07) is 5.67. The van der Waals surface area contributed by atoms with Crippen LogP contribution in [-0.4, -0.2) is 86.3 Å². The monoisotopic (exact) mass is 527 g/mol. The molecular weight excluding hydrogens is 486 g/mol. The van der Waals surface area contributed by atoms with E-state index in [1.807, 2.05) is 33.0 Å². The lowest BCUT2D eigenvalue weighted by Crippen LogP contribution is -2.81. The Balaban J connectivity index is 1.69. The Bertz CT molecular complexity index is 1140. The van der Waals surface area contributed by atoms with Crippen LogP contribution in [0, 0.1) is 11.3 Å². The van der Waals surface area contributed by atoms with Crippen LogP contribution in [0.25, 0.3) is 0 Å². The number of amides is 1. The van der Waals surface area contributed by atoms with E-state index in [9.17, 15) is 14.7 Å². The summed E-state index contributed by atoms with van der Waals surface area (Å²) < 4.78 is 17.1. The van der Waals surface area contributed by atoms with Crippen molar-refractivity contribution < 1.29 is 28.9 Å². The van der Waals surface area contributed by atoms with Crippen LogP contribution in [0.4, 0.5) is 10.5 Å². The van der Waals surface area contributed by atoms with Gasteiger partial charge in [0.1, 0.15) is 17.5 Å². The van der Waals surface area contributed by atoms with Gasteiger partial charge in [0, 0.05) is 49.1 Å². The smallest absolute Gasteiger partial charge is 0.407 e. The van der Waals surface area contributed by atoms with Crippen LogP contribution in [0.1, 0.15) is 46.1 Å². The molecule has 9 heteroatoms. The van der Waals surface area contributed by atoms with E-state index < -0.39 is 40.6 Å². The maximum atomic E-state index is 12.9. The lowest BCUT2D eigenvalue weighted by molar-refractivity contribution is -0.217. The average Bonchev–Trinajstić information content (AvgIpc) is 3.40. The van der Waals surface area contributed by atoms with Crippen molar-refractivity contribution in [3.05, 3.63) is 35.9 Å². The van der Waals surface area contributed by atoms with Gasteiger partial charge in [0.15, 0.2) is 0 Å². The van der Waals surface area contributed by atoms with Crippen LogP contribution in [-0.2, 0) is 19.7 Å². The molecular formula is C29H41N3O6. The van der Waals surface area contributed by atoms with Crippen molar-refractivity contribution >= 4 is 17.7 Å². The number of ether oxygens (including phenoxy) is 3. The zero-order valence-corrected chi connectivity index (χ0v) is 23.3. The predicted molar refractivity (Wildman–Crippen MR) is 143 cm³/mol. The second-order valence-electron chi connectivity index (χ2n) is 11.8. The van der Waals surface area contributed by atoms with Gasteiger partial charge in [0.2, 0.25) is 0 Å². The number of nitrogens with one attached hydrogen (secondary N) is 1. The molecule has 5 rings (SSSR count). The number of nitrogens with zero attached hydrogens (tertiary/aromatic N) is 2. The number of hydrogen-bond donors (Lipinski definition) is 2. The van der Waals surface area contributed by atoms with Gasteiger partial charge in [0.05, 0.1) is 26.3 Å². The molecule has 3 aliphatic heterocycles. The van der Waals surface area contributed by atoms with Crippen LogP contribution < -0.4 is 15.0 Å². The highest BCUT2D eigenvalue weighted by atomic mass is 16.6. The molecule has 2 fully saturated rings. The summed E-state index contributed by atoms with van der Waals surface area (Å²) in [5.74, 6) is 0.461. The average molecular weight is 528 g/mol. The summed E-state index contributed by atoms with van der Waals surface area (Å²) in [5.41, 5.74) is -0.578. The number of benzene rings is 1. The Kier molecular flexibility index (Phi) is 6.67. The first-order valence-corrected chi connectivity index (χ1v) is 13.7. The summed E-state index contributed by atoms with van der Waals surface area (Å²) in [6.07, 6.45) is 4.31. The molecule has 1 aromatic carbocycles. The second kappa shape index (κ2) is 9.45. The lowest BCUT2D eigenvalue weighted by Gasteiger charge is -2.64. The summed E-state index contributed by atoms with van der Waals surface area (Å²) in [6.45, 7) is 9.23. The topological polar surface area (TPSA) is 101 Å². The van der Waals surface area contributed by atoms with Gasteiger partial charge >= 0.3 is 12.1 Å². The maximum absolute atomic E-state index is 12.9. The number of aliphatic hydroxyl groups is 1. The highest BCUT2D eigenvalue weighted by Crippen LogP contribution is 2.67. The molecule has 1 aliphatic carbocycles. The molecule has 1 amide bonds. The third kappa shape index (κ3) is 3.65. The standard InChI is InChI=1S/C29H41N3O6/c1-7-27-11-8-13-32-14-12-28(23(27)32)21-10-9-20(36-6)15-22(21)31(5)24(28)29(35,25(27)38-19(4)33)17-30-26(34)37-16-18(2)3/h8-11,15,18,23-25,35H,7,12-14,16-17H2,1-6H3,(H,30,34)/t23-,24+,25+,27+,28+,29?/m0/s1. The fourth-order valence-corrected chi connectivity index (χ4v) is 8.15. The maximum Gasteiger partial charge on any atom is 0.407 e. The summed E-state index contributed by atoms with van der Waals surface area (Å²) in [7, 11) is 3.62. The zero-order valence-electron chi connectivity index (χ0n) is 23.3. The number of carbonyl (C=O) groups excluding carboxylic acids is 2. The van der Waals surface area contributed by atoms with E-state index in [4.69, 9.17) is 14.2 Å². The molecule has 4 aliphatic rings. The third-order valence-electron chi connectivity index (χ3n) is 9.28. The van der Waals surface area contributed by atoms with Crippen molar-refractivity contribution in [3.8, 4) is 5.75 Å². The van der Waals surface area contributed by atoms with E-state index in [1.54, 1.807) is 7.11 Å². The van der Waals surface area contributed by atoms with Crippen LogP contribution in [0.15, 0.2) is 30.4 Å². The Morgan fingerprint density at radius 3 is 2.68 bits per heavy atom. The van der Waals surface area contributed by atoms with Gasteiger partial charge in [0.25, 0.3) is 0 Å². The minimum absolute atomic E-state index is 0.00427. The number of anilines is 1. The van der Waals surface area contributed by atoms with E-state index >= 15 is 0 Å². The second-order valence-corrected chi connectivity index (χ2v) is 11.8. The SMILES string of the molecule is CC[C@]12C=CCN3CC[C@@]4(c5ccc(OC)cc5N(C)[C@H]4C(O)(CNC(=O)OCC(C)C)[C@@H]1OC(C)=O)[C@@H]32. The molecule has 208 valence electrons. The molecule has 1 unspecified atom stereocenters. The van der Waals surface area contributed by atoms with Gasteiger partial charge in [-0.1, -0.05) is 39.0 Å². The number of rotatable bonds is 7. The molecule has 1 saturated carbocycles. The number of alkyl carbamates (subject to hydrolysis) is 1. The Morgan fingerprint density at radius 2 is 2.03 bits per heavy atom. The van der Waals surface area contributed by atoms with Gasteiger partial charge in [-0.3, -0.25) is 9.69 Å². The first-order valence-electron chi connectivity index (χ1n) is 13.7. The minimum Gasteiger partial charge on any atom is -0.497 e. The summed E-state index contributed by atoms with van der Waals surface area (Å²) in [4.78, 5) is 29.9. The molecule has 1 spiro atoms. The van der Waals surface area contributed by atoms with Gasteiger partial charge in [-0.15, -0.1) is 0 Å². The van der Waals surface area contributed by atoms with Crippen molar-refractivity contribution in [2.45, 2.75) is 69.7 Å². The Labute approximate surface area is 225 Å². The molecule has 0 aromatic heterocycles. The first-order chi connectivity index (χ1) is 18.0. The van der Waals surface area contributed by atoms with Gasteiger partial charge in [-0.05, 0) is 36.9 Å². The molecule has 1 saturated heterocycles. The molecule has 0 radical (unpaired) electrons. The number of esters is 1. The molecule has 3 heterocycles. The van der Waals surface area contributed by atoms with Crippen LogP contribution in [0.5, 0.6) is 5.75 Å². The largest absolute Gasteiger partial charge is 0.497 e. The number of methoxy groups -OCH3 is 1. The van der Waals surface area contributed by atoms with E-state index in [-0.39, 0.29) is 25.1 Å². The van der Waals surface area contributed by atoms with Gasteiger partial charge in [-0.25, -0.2) is 4.79 Å². The Hall–Kier alpha value is -2.78. The molecule has 6 atom stereocenters. The van der Waals surface area contributed by atoms with Gasteiger partial charge < -0.3 is 29.5 Å². The van der Waals surface area contributed by atoms with Crippen LogP contribution in [0.2, 0.25) is 0 Å². The minimum atomic E-state index is -1.62. The molecule has 38 heavy (non-hydrogen) atoms. The van der Waals surface area contributed by atoms with Gasteiger partial charge in [-0.2, -0.15) is 0 Å². The van der Waals surface area contributed by atoms with Crippen molar-refractivity contribution in [1.82, 2.24) is 10.2 Å². The lowest BCUT2D eigenvalue weighted by atomic mass is 9.47. The number of hydrogen-bond acceptors (Lipinski definition) is 8. The number of carbonyl (C=O) groups is 2. The first kappa shape index (κ1) is 26.8. The Morgan fingerprint density at radius 1 is 1.26 bits per heavy atom.